The van der Waals surface area contributed by atoms with E-state index < -0.39 is 0 Å². The van der Waals surface area contributed by atoms with Gasteiger partial charge in [-0.1, -0.05) is 13.8 Å². The van der Waals surface area contributed by atoms with Crippen LogP contribution in [-0.4, -0.2) is 62.8 Å². The first-order valence-corrected chi connectivity index (χ1v) is 7.45. The van der Waals surface area contributed by atoms with Gasteiger partial charge in [-0.2, -0.15) is 0 Å². The van der Waals surface area contributed by atoms with Gasteiger partial charge in [0.25, 0.3) is 0 Å². The quantitative estimate of drug-likeness (QED) is 0.766. The highest BCUT2D eigenvalue weighted by molar-refractivity contribution is 5.81. The third-order valence-electron chi connectivity index (χ3n) is 4.39. The van der Waals surface area contributed by atoms with Gasteiger partial charge in [0.2, 0.25) is 5.91 Å². The first-order chi connectivity index (χ1) is 9.13. The van der Waals surface area contributed by atoms with Crippen LogP contribution in [0.2, 0.25) is 0 Å². The van der Waals surface area contributed by atoms with Crippen molar-refractivity contribution in [2.24, 2.45) is 5.41 Å². The van der Waals surface area contributed by atoms with E-state index in [9.17, 15) is 4.79 Å². The summed E-state index contributed by atoms with van der Waals surface area (Å²) in [6, 6.07) is 0. The highest BCUT2D eigenvalue weighted by Gasteiger charge is 2.30. The van der Waals surface area contributed by atoms with Gasteiger partial charge in [0.15, 0.2) is 0 Å². The smallest absolute Gasteiger partial charge is 0.250 e. The molecular formula is C14H27N3O2. The van der Waals surface area contributed by atoms with Crippen molar-refractivity contribution in [3.63, 3.8) is 0 Å². The molecule has 1 unspecified atom stereocenters. The SMILES string of the molecule is CCN1CCOC(C(=O)NCC2(C)CCNCC2)C1. The first-order valence-electron chi connectivity index (χ1n) is 7.45. The zero-order chi connectivity index (χ0) is 13.7. The van der Waals surface area contributed by atoms with Gasteiger partial charge >= 0.3 is 0 Å². The lowest BCUT2D eigenvalue weighted by atomic mass is 9.81. The molecule has 0 bridgehead atoms. The molecule has 0 aromatic carbocycles. The molecule has 0 saturated carbocycles. The predicted molar refractivity (Wildman–Crippen MR) is 75.1 cm³/mol. The van der Waals surface area contributed by atoms with Crippen LogP contribution in [0.1, 0.15) is 26.7 Å². The van der Waals surface area contributed by atoms with Crippen LogP contribution < -0.4 is 10.6 Å². The van der Waals surface area contributed by atoms with Crippen LogP contribution in [0, 0.1) is 5.41 Å². The van der Waals surface area contributed by atoms with E-state index in [2.05, 4.69) is 29.4 Å². The summed E-state index contributed by atoms with van der Waals surface area (Å²) in [7, 11) is 0. The number of piperidine rings is 1. The fraction of sp³-hybridized carbons (Fsp3) is 0.929. The molecule has 19 heavy (non-hydrogen) atoms. The number of amides is 1. The van der Waals surface area contributed by atoms with Gasteiger partial charge in [-0.05, 0) is 37.9 Å². The minimum Gasteiger partial charge on any atom is -0.366 e. The summed E-state index contributed by atoms with van der Waals surface area (Å²) < 4.78 is 5.58. The fourth-order valence-corrected chi connectivity index (χ4v) is 2.77. The van der Waals surface area contributed by atoms with Gasteiger partial charge in [0.1, 0.15) is 6.10 Å². The third kappa shape index (κ3) is 4.16. The standard InChI is InChI=1S/C14H27N3O2/c1-3-17-8-9-19-12(10-17)13(18)16-11-14(2)4-6-15-7-5-14/h12,15H,3-11H2,1-2H3,(H,16,18). The summed E-state index contributed by atoms with van der Waals surface area (Å²) >= 11 is 0. The molecule has 2 aliphatic heterocycles. The second-order valence-corrected chi connectivity index (χ2v) is 6.03. The minimum absolute atomic E-state index is 0.0536. The molecule has 0 spiro atoms. The normalized spacial score (nSPS) is 28.0. The number of carbonyl (C=O) groups is 1. The molecule has 0 aromatic rings. The monoisotopic (exact) mass is 269 g/mol. The van der Waals surface area contributed by atoms with E-state index in [0.29, 0.717) is 6.61 Å². The number of rotatable bonds is 4. The molecule has 2 aliphatic rings. The van der Waals surface area contributed by atoms with Crippen molar-refractivity contribution in [2.45, 2.75) is 32.8 Å². The number of morpholine rings is 1. The molecule has 5 heteroatoms. The van der Waals surface area contributed by atoms with E-state index in [1.165, 1.54) is 0 Å². The Bertz CT molecular complexity index is 303. The maximum Gasteiger partial charge on any atom is 0.250 e. The van der Waals surface area contributed by atoms with E-state index >= 15 is 0 Å². The fourth-order valence-electron chi connectivity index (χ4n) is 2.77. The van der Waals surface area contributed by atoms with Gasteiger partial charge in [-0.25, -0.2) is 0 Å². The molecule has 2 heterocycles. The van der Waals surface area contributed by atoms with E-state index in [1.54, 1.807) is 0 Å². The van der Waals surface area contributed by atoms with Crippen molar-refractivity contribution in [1.82, 2.24) is 15.5 Å². The lowest BCUT2D eigenvalue weighted by Gasteiger charge is -2.35. The van der Waals surface area contributed by atoms with Crippen molar-refractivity contribution in [1.29, 1.82) is 0 Å². The Morgan fingerprint density at radius 1 is 1.47 bits per heavy atom. The van der Waals surface area contributed by atoms with Crippen LogP contribution in [0.4, 0.5) is 0 Å². The molecule has 2 saturated heterocycles. The Labute approximate surface area is 116 Å². The highest BCUT2D eigenvalue weighted by Crippen LogP contribution is 2.26. The van der Waals surface area contributed by atoms with Crippen molar-refractivity contribution in [2.75, 3.05) is 45.9 Å². The lowest BCUT2D eigenvalue weighted by Crippen LogP contribution is -2.52. The van der Waals surface area contributed by atoms with Crippen LogP contribution in [0.5, 0.6) is 0 Å². The van der Waals surface area contributed by atoms with Crippen molar-refractivity contribution in [3.8, 4) is 0 Å². The number of hydrogen-bond acceptors (Lipinski definition) is 4. The van der Waals surface area contributed by atoms with Gasteiger partial charge in [0.05, 0.1) is 6.61 Å². The molecule has 1 amide bonds. The van der Waals surface area contributed by atoms with E-state index in [0.717, 1.165) is 52.1 Å². The highest BCUT2D eigenvalue weighted by atomic mass is 16.5. The summed E-state index contributed by atoms with van der Waals surface area (Å²) in [6.07, 6.45) is 1.96. The Balaban J connectivity index is 1.77. The van der Waals surface area contributed by atoms with Crippen molar-refractivity contribution < 1.29 is 9.53 Å². The molecule has 110 valence electrons. The molecule has 0 aliphatic carbocycles. The maximum absolute atomic E-state index is 12.2. The number of carbonyl (C=O) groups excluding carboxylic acids is 1. The Morgan fingerprint density at radius 3 is 2.89 bits per heavy atom. The predicted octanol–water partition coefficient (Wildman–Crippen LogP) is 0.213. The van der Waals surface area contributed by atoms with Gasteiger partial charge < -0.3 is 15.4 Å². The first kappa shape index (κ1) is 14.8. The topological polar surface area (TPSA) is 53.6 Å². The maximum atomic E-state index is 12.2. The molecule has 2 fully saturated rings. The zero-order valence-corrected chi connectivity index (χ0v) is 12.2. The largest absolute Gasteiger partial charge is 0.366 e. The second kappa shape index (κ2) is 6.68. The van der Waals surface area contributed by atoms with E-state index in [4.69, 9.17) is 4.74 Å². The number of nitrogens with one attached hydrogen (secondary N) is 2. The van der Waals surface area contributed by atoms with Crippen LogP contribution in [0.15, 0.2) is 0 Å². The van der Waals surface area contributed by atoms with Gasteiger partial charge in [-0.3, -0.25) is 9.69 Å². The zero-order valence-electron chi connectivity index (χ0n) is 12.2. The van der Waals surface area contributed by atoms with Crippen LogP contribution in [-0.2, 0) is 9.53 Å². The summed E-state index contributed by atoms with van der Waals surface area (Å²) in [4.78, 5) is 14.4. The molecular weight excluding hydrogens is 242 g/mol. The Hall–Kier alpha value is -0.650. The van der Waals surface area contributed by atoms with E-state index in [1.807, 2.05) is 0 Å². The lowest BCUT2D eigenvalue weighted by molar-refractivity contribution is -0.138. The van der Waals surface area contributed by atoms with Crippen LogP contribution in [0.3, 0.4) is 0 Å². The number of hydrogen-bond donors (Lipinski definition) is 2. The third-order valence-corrected chi connectivity index (χ3v) is 4.39. The average molecular weight is 269 g/mol. The van der Waals surface area contributed by atoms with Gasteiger partial charge in [0, 0.05) is 19.6 Å². The molecule has 2 N–H and O–H groups in total. The molecule has 5 nitrogen and oxygen atoms in total. The summed E-state index contributed by atoms with van der Waals surface area (Å²) in [5, 5.41) is 6.45. The second-order valence-electron chi connectivity index (χ2n) is 6.03. The average Bonchev–Trinajstić information content (AvgIpc) is 2.46. The van der Waals surface area contributed by atoms with Crippen LogP contribution in [0.25, 0.3) is 0 Å². The number of nitrogens with zero attached hydrogens (tertiary/aromatic N) is 1. The summed E-state index contributed by atoms with van der Waals surface area (Å²) in [5.41, 5.74) is 0.236. The van der Waals surface area contributed by atoms with Crippen LogP contribution >= 0.6 is 0 Å². The summed E-state index contributed by atoms with van der Waals surface area (Å²) in [5.74, 6) is 0.0536. The molecule has 2 rings (SSSR count). The van der Waals surface area contributed by atoms with Crippen molar-refractivity contribution >= 4 is 5.91 Å². The summed E-state index contributed by atoms with van der Waals surface area (Å²) in [6.45, 7) is 10.5. The Kier molecular flexibility index (Phi) is 5.19. The van der Waals surface area contributed by atoms with Gasteiger partial charge in [-0.15, -0.1) is 0 Å². The molecule has 0 aromatic heterocycles. The Morgan fingerprint density at radius 2 is 2.21 bits per heavy atom. The van der Waals surface area contributed by atoms with E-state index in [-0.39, 0.29) is 17.4 Å². The van der Waals surface area contributed by atoms with Crippen molar-refractivity contribution in [3.05, 3.63) is 0 Å². The minimum atomic E-state index is -0.293. The molecule has 1 atom stereocenters. The number of ether oxygens (including phenoxy) is 1. The molecule has 0 radical (unpaired) electrons. The number of likely N-dealkylation sites (N-methyl/N-ethyl adjacent to an activating group) is 1.